The van der Waals surface area contributed by atoms with E-state index in [1.165, 1.54) is 17.3 Å². The molecule has 0 unspecified atom stereocenters. The summed E-state index contributed by atoms with van der Waals surface area (Å²) in [4.78, 5) is 13.1. The summed E-state index contributed by atoms with van der Waals surface area (Å²) in [7, 11) is 0. The number of thioether (sulfide) groups is 1. The average Bonchev–Trinajstić information content (AvgIpc) is 2.30. The van der Waals surface area contributed by atoms with Crippen LogP contribution in [-0.4, -0.2) is 5.12 Å². The summed E-state index contributed by atoms with van der Waals surface area (Å²) in [5, 5.41) is 0.105. The quantitative estimate of drug-likeness (QED) is 0.733. The summed E-state index contributed by atoms with van der Waals surface area (Å²) in [5.41, 5.74) is 3.02. The Kier molecular flexibility index (Phi) is 3.64. The SMILES string of the molecule is Cc1ccc(C(=O)Sc2ccccc2)c(C)c1. The van der Waals surface area contributed by atoms with Crippen molar-refractivity contribution >= 4 is 16.9 Å². The topological polar surface area (TPSA) is 17.1 Å². The van der Waals surface area contributed by atoms with Crippen molar-refractivity contribution in [2.24, 2.45) is 0 Å². The summed E-state index contributed by atoms with van der Waals surface area (Å²) in [5.74, 6) is 0. The van der Waals surface area contributed by atoms with Crippen LogP contribution in [0.15, 0.2) is 53.4 Å². The summed E-state index contributed by atoms with van der Waals surface area (Å²) >= 11 is 1.28. The molecule has 0 aliphatic carbocycles. The minimum absolute atomic E-state index is 0.105. The molecule has 0 radical (unpaired) electrons. The van der Waals surface area contributed by atoms with Crippen LogP contribution in [0.25, 0.3) is 0 Å². The Morgan fingerprint density at radius 3 is 2.35 bits per heavy atom. The minimum Gasteiger partial charge on any atom is -0.281 e. The first-order chi connectivity index (χ1) is 8.16. The molecule has 0 N–H and O–H groups in total. The Bertz CT molecular complexity index is 532. The van der Waals surface area contributed by atoms with Crippen LogP contribution in [0.5, 0.6) is 0 Å². The number of carbonyl (C=O) groups excluding carboxylic acids is 1. The lowest BCUT2D eigenvalue weighted by atomic mass is 10.1. The van der Waals surface area contributed by atoms with E-state index >= 15 is 0 Å². The highest BCUT2D eigenvalue weighted by molar-refractivity contribution is 8.14. The second-order valence-electron chi connectivity index (χ2n) is 4.02. The number of aryl methyl sites for hydroxylation is 2. The maximum Gasteiger partial charge on any atom is 0.224 e. The van der Waals surface area contributed by atoms with Crippen LogP contribution in [0.3, 0.4) is 0 Å². The molecular weight excluding hydrogens is 228 g/mol. The molecule has 0 spiro atoms. The second kappa shape index (κ2) is 5.19. The summed E-state index contributed by atoms with van der Waals surface area (Å²) in [6.45, 7) is 4.01. The molecule has 0 aliphatic heterocycles. The number of carbonyl (C=O) groups is 1. The first-order valence-corrected chi connectivity index (χ1v) is 6.33. The van der Waals surface area contributed by atoms with Gasteiger partial charge in [-0.05, 0) is 49.4 Å². The molecule has 0 fully saturated rings. The molecule has 0 saturated heterocycles. The fraction of sp³-hybridized carbons (Fsp3) is 0.133. The Hall–Kier alpha value is -1.54. The molecule has 0 saturated carbocycles. The van der Waals surface area contributed by atoms with Crippen molar-refractivity contribution < 1.29 is 4.79 Å². The van der Waals surface area contributed by atoms with Crippen molar-refractivity contribution in [3.05, 3.63) is 65.2 Å². The molecule has 17 heavy (non-hydrogen) atoms. The lowest BCUT2D eigenvalue weighted by Gasteiger charge is -2.05. The molecule has 2 aromatic carbocycles. The van der Waals surface area contributed by atoms with E-state index in [1.807, 2.05) is 62.4 Å². The van der Waals surface area contributed by atoms with Crippen molar-refractivity contribution in [3.8, 4) is 0 Å². The standard InChI is InChI=1S/C15H14OS/c1-11-8-9-14(12(2)10-11)15(16)17-13-6-4-3-5-7-13/h3-10H,1-2H3. The van der Waals surface area contributed by atoms with Crippen molar-refractivity contribution in [1.82, 2.24) is 0 Å². The molecule has 2 aromatic rings. The maximum absolute atomic E-state index is 12.1. The third-order valence-corrected chi connectivity index (χ3v) is 3.47. The van der Waals surface area contributed by atoms with Gasteiger partial charge < -0.3 is 0 Å². The van der Waals surface area contributed by atoms with Crippen molar-refractivity contribution in [2.45, 2.75) is 18.7 Å². The molecule has 2 rings (SSSR count). The number of hydrogen-bond acceptors (Lipinski definition) is 2. The first-order valence-electron chi connectivity index (χ1n) is 5.51. The molecule has 1 nitrogen and oxygen atoms in total. The van der Waals surface area contributed by atoms with Crippen molar-refractivity contribution in [3.63, 3.8) is 0 Å². The highest BCUT2D eigenvalue weighted by Crippen LogP contribution is 2.24. The van der Waals surface area contributed by atoms with Crippen LogP contribution in [0.2, 0.25) is 0 Å². The van der Waals surface area contributed by atoms with Gasteiger partial charge in [-0.3, -0.25) is 4.79 Å². The van der Waals surface area contributed by atoms with E-state index in [-0.39, 0.29) is 5.12 Å². The van der Waals surface area contributed by atoms with Gasteiger partial charge in [-0.25, -0.2) is 0 Å². The fourth-order valence-electron chi connectivity index (χ4n) is 1.69. The van der Waals surface area contributed by atoms with Crippen LogP contribution in [0.4, 0.5) is 0 Å². The smallest absolute Gasteiger partial charge is 0.224 e. The second-order valence-corrected chi connectivity index (χ2v) is 5.07. The van der Waals surface area contributed by atoms with Gasteiger partial charge in [0, 0.05) is 10.5 Å². The average molecular weight is 242 g/mol. The van der Waals surface area contributed by atoms with Gasteiger partial charge in [0.2, 0.25) is 5.12 Å². The zero-order valence-electron chi connectivity index (χ0n) is 9.94. The largest absolute Gasteiger partial charge is 0.281 e. The van der Waals surface area contributed by atoms with Gasteiger partial charge >= 0.3 is 0 Å². The third-order valence-electron chi connectivity index (χ3n) is 2.56. The summed E-state index contributed by atoms with van der Waals surface area (Å²) in [6.07, 6.45) is 0. The van der Waals surface area contributed by atoms with Crippen LogP contribution < -0.4 is 0 Å². The van der Waals surface area contributed by atoms with Gasteiger partial charge in [0.15, 0.2) is 0 Å². The molecule has 0 aliphatic rings. The van der Waals surface area contributed by atoms with E-state index in [4.69, 9.17) is 0 Å². The van der Waals surface area contributed by atoms with Crippen LogP contribution in [0.1, 0.15) is 21.5 Å². The summed E-state index contributed by atoms with van der Waals surface area (Å²) < 4.78 is 0. The molecule has 0 bridgehead atoms. The Labute approximate surface area is 106 Å². The third kappa shape index (κ3) is 2.98. The lowest BCUT2D eigenvalue weighted by Crippen LogP contribution is -1.97. The van der Waals surface area contributed by atoms with Gasteiger partial charge in [-0.1, -0.05) is 35.9 Å². The van der Waals surface area contributed by atoms with Gasteiger partial charge in [-0.2, -0.15) is 0 Å². The molecule has 0 heterocycles. The predicted octanol–water partition coefficient (Wildman–Crippen LogP) is 4.24. The van der Waals surface area contributed by atoms with Crippen LogP contribution >= 0.6 is 11.8 Å². The molecular formula is C15H14OS. The van der Waals surface area contributed by atoms with Crippen LogP contribution in [0, 0.1) is 13.8 Å². The minimum atomic E-state index is 0.105. The van der Waals surface area contributed by atoms with Crippen LogP contribution in [-0.2, 0) is 0 Å². The first kappa shape index (κ1) is 11.9. The van der Waals surface area contributed by atoms with Gasteiger partial charge in [0.25, 0.3) is 0 Å². The predicted molar refractivity (Wildman–Crippen MR) is 72.5 cm³/mol. The van der Waals surface area contributed by atoms with E-state index in [0.29, 0.717) is 0 Å². The van der Waals surface area contributed by atoms with E-state index < -0.39 is 0 Å². The molecule has 0 atom stereocenters. The normalized spacial score (nSPS) is 10.2. The highest BCUT2D eigenvalue weighted by Gasteiger charge is 2.10. The summed E-state index contributed by atoms with van der Waals surface area (Å²) in [6, 6.07) is 15.7. The van der Waals surface area contributed by atoms with E-state index in [0.717, 1.165) is 16.0 Å². The monoisotopic (exact) mass is 242 g/mol. The molecule has 0 amide bonds. The van der Waals surface area contributed by atoms with E-state index in [1.54, 1.807) is 0 Å². The molecule has 0 aromatic heterocycles. The van der Waals surface area contributed by atoms with Gasteiger partial charge in [0.1, 0.15) is 0 Å². The van der Waals surface area contributed by atoms with Crippen molar-refractivity contribution in [2.75, 3.05) is 0 Å². The number of hydrogen-bond donors (Lipinski definition) is 0. The van der Waals surface area contributed by atoms with Gasteiger partial charge in [-0.15, -0.1) is 0 Å². The Morgan fingerprint density at radius 2 is 1.71 bits per heavy atom. The van der Waals surface area contributed by atoms with E-state index in [9.17, 15) is 4.79 Å². The molecule has 86 valence electrons. The zero-order valence-corrected chi connectivity index (χ0v) is 10.8. The number of rotatable bonds is 2. The van der Waals surface area contributed by atoms with Crippen molar-refractivity contribution in [1.29, 1.82) is 0 Å². The van der Waals surface area contributed by atoms with E-state index in [2.05, 4.69) is 0 Å². The Morgan fingerprint density at radius 1 is 1.00 bits per heavy atom. The van der Waals surface area contributed by atoms with Gasteiger partial charge in [0.05, 0.1) is 0 Å². The lowest BCUT2D eigenvalue weighted by molar-refractivity contribution is 0.108. The zero-order chi connectivity index (χ0) is 12.3. The highest BCUT2D eigenvalue weighted by atomic mass is 32.2. The maximum atomic E-state index is 12.1. The molecule has 2 heteroatoms. The number of benzene rings is 2. The fourth-order valence-corrected chi connectivity index (χ4v) is 2.54. The Balaban J connectivity index is 2.21.